The normalized spacial score (nSPS) is 16.1. The number of H-pyrrole nitrogens is 2. The molecule has 0 atom stereocenters. The summed E-state index contributed by atoms with van der Waals surface area (Å²) in [5.74, 6) is 8.88. The highest BCUT2D eigenvalue weighted by Gasteiger charge is 2.19. The van der Waals surface area contributed by atoms with Crippen molar-refractivity contribution in [3.63, 3.8) is 0 Å². The Balaban J connectivity index is 1.25. The summed E-state index contributed by atoms with van der Waals surface area (Å²) in [6.07, 6.45) is 5.70. The number of imidazole rings is 1. The van der Waals surface area contributed by atoms with Crippen molar-refractivity contribution in [1.82, 2.24) is 35.0 Å². The van der Waals surface area contributed by atoms with Crippen LogP contribution in [0.4, 0.5) is 11.5 Å². The lowest BCUT2D eigenvalue weighted by atomic mass is 10.2. The summed E-state index contributed by atoms with van der Waals surface area (Å²) < 4.78 is 10.9. The van der Waals surface area contributed by atoms with Gasteiger partial charge in [-0.2, -0.15) is 10.1 Å². The molecule has 1 aliphatic heterocycles. The lowest BCUT2D eigenvalue weighted by Crippen LogP contribution is -2.35. The maximum Gasteiger partial charge on any atom is 0.207 e. The molecular formula is C25H26N8O2. The van der Waals surface area contributed by atoms with Crippen LogP contribution < -0.4 is 10.1 Å². The monoisotopic (exact) mass is 470 g/mol. The minimum atomic E-state index is 0.460. The molecule has 6 rings (SSSR count). The fourth-order valence-corrected chi connectivity index (χ4v) is 4.04. The number of rotatable bonds is 6. The van der Waals surface area contributed by atoms with E-state index in [4.69, 9.17) is 14.5 Å². The summed E-state index contributed by atoms with van der Waals surface area (Å²) in [5, 5.41) is 10.7. The van der Waals surface area contributed by atoms with Gasteiger partial charge in [-0.15, -0.1) is 0 Å². The Bertz CT molecular complexity index is 1410. The molecule has 0 bridgehead atoms. The first-order chi connectivity index (χ1) is 17.2. The Labute approximate surface area is 202 Å². The van der Waals surface area contributed by atoms with Gasteiger partial charge in [-0.1, -0.05) is 12.0 Å². The molecule has 1 aliphatic carbocycles. The van der Waals surface area contributed by atoms with Gasteiger partial charge >= 0.3 is 0 Å². The molecule has 0 spiro atoms. The molecule has 0 amide bonds. The number of methoxy groups -OCH3 is 1. The van der Waals surface area contributed by atoms with E-state index >= 15 is 0 Å². The number of anilines is 2. The summed E-state index contributed by atoms with van der Waals surface area (Å²) in [6, 6.07) is 6.34. The molecule has 4 heterocycles. The first-order valence-electron chi connectivity index (χ1n) is 11.8. The van der Waals surface area contributed by atoms with Gasteiger partial charge in [0.1, 0.15) is 0 Å². The highest BCUT2D eigenvalue weighted by atomic mass is 16.5. The second-order valence-corrected chi connectivity index (χ2v) is 8.75. The van der Waals surface area contributed by atoms with Crippen LogP contribution >= 0.6 is 0 Å². The van der Waals surface area contributed by atoms with Crippen molar-refractivity contribution < 1.29 is 9.47 Å². The van der Waals surface area contributed by atoms with E-state index in [1.165, 1.54) is 5.56 Å². The smallest absolute Gasteiger partial charge is 0.207 e. The van der Waals surface area contributed by atoms with Gasteiger partial charge < -0.3 is 19.8 Å². The first-order valence-corrected chi connectivity index (χ1v) is 11.8. The zero-order chi connectivity index (χ0) is 23.6. The summed E-state index contributed by atoms with van der Waals surface area (Å²) in [6.45, 7) is 4.36. The maximum atomic E-state index is 5.45. The summed E-state index contributed by atoms with van der Waals surface area (Å²) in [5.41, 5.74) is 4.45. The number of nitrogens with one attached hydrogen (secondary N) is 3. The number of nitrogens with zero attached hydrogens (tertiary/aromatic N) is 5. The molecule has 10 nitrogen and oxygen atoms in total. The van der Waals surface area contributed by atoms with Crippen LogP contribution in [0.15, 0.2) is 30.6 Å². The van der Waals surface area contributed by atoms with Gasteiger partial charge in [-0.3, -0.25) is 10.00 Å². The van der Waals surface area contributed by atoms with Crippen molar-refractivity contribution in [2.45, 2.75) is 19.4 Å². The second kappa shape index (κ2) is 9.37. The van der Waals surface area contributed by atoms with E-state index < -0.39 is 0 Å². The van der Waals surface area contributed by atoms with Crippen LogP contribution in [0, 0.1) is 17.8 Å². The third kappa shape index (κ3) is 4.82. The number of ether oxygens (including phenoxy) is 2. The topological polar surface area (TPSA) is 117 Å². The Hall–Kier alpha value is -3.94. The molecule has 3 aromatic heterocycles. The van der Waals surface area contributed by atoms with Crippen molar-refractivity contribution in [2.75, 3.05) is 38.7 Å². The van der Waals surface area contributed by atoms with E-state index in [1.54, 1.807) is 19.5 Å². The van der Waals surface area contributed by atoms with Gasteiger partial charge in [-0.25, -0.2) is 9.97 Å². The van der Waals surface area contributed by atoms with E-state index in [1.807, 2.05) is 0 Å². The number of hydrogen-bond acceptors (Lipinski definition) is 8. The van der Waals surface area contributed by atoms with E-state index in [0.717, 1.165) is 62.4 Å². The van der Waals surface area contributed by atoms with E-state index in [-0.39, 0.29) is 0 Å². The van der Waals surface area contributed by atoms with Crippen molar-refractivity contribution in [1.29, 1.82) is 0 Å². The van der Waals surface area contributed by atoms with Crippen LogP contribution in [0.5, 0.6) is 5.75 Å². The number of benzene rings is 1. The number of fused-ring (bicyclic) bond motifs is 1. The van der Waals surface area contributed by atoms with Crippen LogP contribution in [0.25, 0.3) is 22.6 Å². The average molecular weight is 471 g/mol. The summed E-state index contributed by atoms with van der Waals surface area (Å²) in [4.78, 5) is 19.4. The molecule has 35 heavy (non-hydrogen) atoms. The molecule has 1 saturated carbocycles. The first kappa shape index (κ1) is 21.6. The highest BCUT2D eigenvalue weighted by Crippen LogP contribution is 2.31. The predicted molar refractivity (Wildman–Crippen MR) is 131 cm³/mol. The quantitative estimate of drug-likeness (QED) is 0.368. The molecular weight excluding hydrogens is 444 g/mol. The van der Waals surface area contributed by atoms with Crippen LogP contribution in [-0.2, 0) is 11.3 Å². The van der Waals surface area contributed by atoms with Gasteiger partial charge in [0.25, 0.3) is 0 Å². The molecule has 1 saturated heterocycles. The van der Waals surface area contributed by atoms with Crippen LogP contribution in [0.1, 0.15) is 24.2 Å². The van der Waals surface area contributed by atoms with Crippen molar-refractivity contribution in [3.8, 4) is 29.1 Å². The highest BCUT2D eigenvalue weighted by molar-refractivity contribution is 5.83. The Morgan fingerprint density at radius 1 is 1.23 bits per heavy atom. The van der Waals surface area contributed by atoms with Gasteiger partial charge in [0.2, 0.25) is 5.82 Å². The summed E-state index contributed by atoms with van der Waals surface area (Å²) in [7, 11) is 1.59. The Morgan fingerprint density at radius 3 is 2.94 bits per heavy atom. The number of hydrogen-bond donors (Lipinski definition) is 3. The zero-order valence-corrected chi connectivity index (χ0v) is 19.5. The van der Waals surface area contributed by atoms with E-state index in [2.05, 4.69) is 65.4 Å². The Morgan fingerprint density at radius 2 is 2.11 bits per heavy atom. The number of morpholine rings is 1. The van der Waals surface area contributed by atoms with Crippen molar-refractivity contribution in [3.05, 3.63) is 42.0 Å². The molecule has 4 aromatic rings. The molecule has 2 aliphatic rings. The number of aromatic amines is 2. The lowest BCUT2D eigenvalue weighted by Gasteiger charge is -2.26. The molecule has 178 valence electrons. The molecule has 0 radical (unpaired) electrons. The maximum absolute atomic E-state index is 5.45. The van der Waals surface area contributed by atoms with Crippen LogP contribution in [0.2, 0.25) is 0 Å². The van der Waals surface area contributed by atoms with Crippen molar-refractivity contribution in [2.24, 2.45) is 5.92 Å². The molecule has 1 aromatic carbocycles. The SMILES string of the molecule is COc1cnc(C#CC2CC2)nc1Nc1c[nH]nc1-c1nc2cc(CN3CCOCC3)ccc2[nH]1. The van der Waals surface area contributed by atoms with Crippen molar-refractivity contribution >= 4 is 22.5 Å². The third-order valence-electron chi connectivity index (χ3n) is 6.12. The molecule has 3 N–H and O–H groups in total. The fourth-order valence-electron chi connectivity index (χ4n) is 4.04. The molecule has 0 unspecified atom stereocenters. The van der Waals surface area contributed by atoms with E-state index in [9.17, 15) is 0 Å². The number of aromatic nitrogens is 6. The Kier molecular flexibility index (Phi) is 5.78. The van der Waals surface area contributed by atoms with Gasteiger partial charge in [0.05, 0.1) is 43.2 Å². The minimum absolute atomic E-state index is 0.460. The summed E-state index contributed by atoms with van der Waals surface area (Å²) >= 11 is 0. The van der Waals surface area contributed by atoms with E-state index in [0.29, 0.717) is 34.8 Å². The molecule has 10 heteroatoms. The fraction of sp³-hybridized carbons (Fsp3) is 0.360. The minimum Gasteiger partial charge on any atom is -0.491 e. The standard InChI is InChI=1S/C25H26N8O2/c1-34-21-14-26-22(7-5-16-2-3-16)31-24(21)30-20-13-27-32-23(20)25-28-18-6-4-17(12-19(18)29-25)15-33-8-10-35-11-9-33/h4,6,12-14,16H,2-3,8-11,15H2,1H3,(H,27,32)(H,28,29)(H,26,30,31). The van der Waals surface area contributed by atoms with Gasteiger partial charge in [-0.05, 0) is 36.5 Å². The predicted octanol–water partition coefficient (Wildman–Crippen LogP) is 3.09. The zero-order valence-electron chi connectivity index (χ0n) is 19.5. The van der Waals surface area contributed by atoms with Crippen LogP contribution in [0.3, 0.4) is 0 Å². The third-order valence-corrected chi connectivity index (χ3v) is 6.12. The average Bonchev–Trinajstić information content (AvgIpc) is 3.44. The molecule has 2 fully saturated rings. The second-order valence-electron chi connectivity index (χ2n) is 8.75. The van der Waals surface area contributed by atoms with Gasteiger partial charge in [0, 0.05) is 31.7 Å². The largest absolute Gasteiger partial charge is 0.491 e. The lowest BCUT2D eigenvalue weighted by molar-refractivity contribution is 0.0342. The van der Waals surface area contributed by atoms with Gasteiger partial charge in [0.15, 0.2) is 23.1 Å². The van der Waals surface area contributed by atoms with Crippen LogP contribution in [-0.4, -0.2) is 68.4 Å².